The van der Waals surface area contributed by atoms with Crippen molar-refractivity contribution in [3.63, 3.8) is 0 Å². The molecule has 2 aliphatic rings. The molecule has 0 bridgehead atoms. The van der Waals surface area contributed by atoms with Crippen molar-refractivity contribution in [1.82, 2.24) is 0 Å². The molecule has 0 aliphatic carbocycles. The van der Waals surface area contributed by atoms with E-state index in [1.54, 1.807) is 18.2 Å². The van der Waals surface area contributed by atoms with Crippen LogP contribution in [0.1, 0.15) is 18.4 Å². The third kappa shape index (κ3) is 3.06. The Morgan fingerprint density at radius 3 is 2.65 bits per heavy atom. The first kappa shape index (κ1) is 16.7. The Kier molecular flexibility index (Phi) is 4.38. The van der Waals surface area contributed by atoms with Gasteiger partial charge in [0.05, 0.1) is 4.92 Å². The lowest BCUT2D eigenvalue weighted by atomic mass is 9.74. The van der Waals surface area contributed by atoms with Gasteiger partial charge in [0.15, 0.2) is 11.5 Å². The van der Waals surface area contributed by atoms with Gasteiger partial charge >= 0.3 is 0 Å². The van der Waals surface area contributed by atoms with Crippen molar-refractivity contribution >= 4 is 11.4 Å². The largest absolute Gasteiger partial charge is 0.454 e. The van der Waals surface area contributed by atoms with Crippen molar-refractivity contribution < 1.29 is 19.1 Å². The minimum atomic E-state index is -0.362. The van der Waals surface area contributed by atoms with Crippen molar-refractivity contribution in [3.05, 3.63) is 58.1 Å². The lowest BCUT2D eigenvalue weighted by Crippen LogP contribution is -2.40. The molecule has 2 heterocycles. The SMILES string of the molecule is O=[N+]([O-])c1ccccc1NCC1(c2ccc3c(c2)OCO3)CCOCC1. The molecular weight excluding hydrogens is 336 g/mol. The summed E-state index contributed by atoms with van der Waals surface area (Å²) in [6.07, 6.45) is 1.67. The van der Waals surface area contributed by atoms with E-state index in [1.807, 2.05) is 12.1 Å². The molecule has 1 saturated heterocycles. The van der Waals surface area contributed by atoms with Gasteiger partial charge < -0.3 is 19.5 Å². The van der Waals surface area contributed by atoms with E-state index in [1.165, 1.54) is 6.07 Å². The molecule has 0 radical (unpaired) electrons. The quantitative estimate of drug-likeness (QED) is 0.652. The first-order valence-electron chi connectivity index (χ1n) is 8.63. The van der Waals surface area contributed by atoms with Crippen molar-refractivity contribution in [3.8, 4) is 11.5 Å². The maximum Gasteiger partial charge on any atom is 0.292 e. The molecule has 26 heavy (non-hydrogen) atoms. The number of ether oxygens (including phenoxy) is 3. The van der Waals surface area contributed by atoms with E-state index < -0.39 is 0 Å². The van der Waals surface area contributed by atoms with Crippen molar-refractivity contribution in [2.45, 2.75) is 18.3 Å². The van der Waals surface area contributed by atoms with Crippen LogP contribution in [0.25, 0.3) is 0 Å². The number of nitrogens with one attached hydrogen (secondary N) is 1. The van der Waals surface area contributed by atoms with Crippen LogP contribution < -0.4 is 14.8 Å². The Morgan fingerprint density at radius 2 is 1.85 bits per heavy atom. The number of nitro benzene ring substituents is 1. The normalized spacial score (nSPS) is 17.7. The van der Waals surface area contributed by atoms with Crippen molar-refractivity contribution in [1.29, 1.82) is 0 Å². The first-order valence-corrected chi connectivity index (χ1v) is 8.63. The minimum absolute atomic E-state index is 0.0837. The van der Waals surface area contributed by atoms with E-state index in [2.05, 4.69) is 11.4 Å². The Balaban J connectivity index is 1.62. The van der Waals surface area contributed by atoms with Gasteiger partial charge in [-0.15, -0.1) is 0 Å². The maximum absolute atomic E-state index is 11.3. The first-order chi connectivity index (χ1) is 12.7. The second-order valence-corrected chi connectivity index (χ2v) is 6.59. The second-order valence-electron chi connectivity index (χ2n) is 6.59. The fourth-order valence-corrected chi connectivity index (χ4v) is 3.60. The molecular formula is C19H20N2O5. The Labute approximate surface area is 151 Å². The van der Waals surface area contributed by atoms with E-state index in [4.69, 9.17) is 14.2 Å². The number of anilines is 1. The summed E-state index contributed by atoms with van der Waals surface area (Å²) in [4.78, 5) is 10.9. The highest BCUT2D eigenvalue weighted by atomic mass is 16.7. The van der Waals surface area contributed by atoms with Crippen LogP contribution in [0.4, 0.5) is 11.4 Å². The number of nitro groups is 1. The van der Waals surface area contributed by atoms with Crippen LogP contribution >= 0.6 is 0 Å². The summed E-state index contributed by atoms with van der Waals surface area (Å²) in [7, 11) is 0. The lowest BCUT2D eigenvalue weighted by Gasteiger charge is -2.38. The summed E-state index contributed by atoms with van der Waals surface area (Å²) >= 11 is 0. The molecule has 0 aromatic heterocycles. The molecule has 2 aliphatic heterocycles. The molecule has 0 spiro atoms. The fraction of sp³-hybridized carbons (Fsp3) is 0.368. The van der Waals surface area contributed by atoms with Gasteiger partial charge in [-0.1, -0.05) is 18.2 Å². The van der Waals surface area contributed by atoms with Crippen LogP contribution in [0, 0.1) is 10.1 Å². The number of hydrogen-bond acceptors (Lipinski definition) is 6. The molecule has 2 aromatic carbocycles. The molecule has 0 atom stereocenters. The van der Waals surface area contributed by atoms with E-state index in [-0.39, 0.29) is 22.8 Å². The second kappa shape index (κ2) is 6.84. The monoisotopic (exact) mass is 356 g/mol. The predicted octanol–water partition coefficient (Wildman–Crippen LogP) is 3.48. The third-order valence-corrected chi connectivity index (χ3v) is 5.15. The number of fused-ring (bicyclic) bond motifs is 1. The van der Waals surface area contributed by atoms with Crippen LogP contribution in [0.3, 0.4) is 0 Å². The van der Waals surface area contributed by atoms with E-state index in [9.17, 15) is 10.1 Å². The van der Waals surface area contributed by atoms with Gasteiger partial charge in [-0.3, -0.25) is 10.1 Å². The predicted molar refractivity (Wildman–Crippen MR) is 95.9 cm³/mol. The molecule has 4 rings (SSSR count). The smallest absolute Gasteiger partial charge is 0.292 e. The Bertz CT molecular complexity index is 817. The van der Waals surface area contributed by atoms with Gasteiger partial charge in [-0.05, 0) is 36.6 Å². The summed E-state index contributed by atoms with van der Waals surface area (Å²) < 4.78 is 16.5. The molecule has 0 amide bonds. The number of rotatable bonds is 5. The van der Waals surface area contributed by atoms with E-state index in [0.717, 1.165) is 29.9 Å². The van der Waals surface area contributed by atoms with E-state index >= 15 is 0 Å². The zero-order valence-corrected chi connectivity index (χ0v) is 14.3. The zero-order chi connectivity index (χ0) is 18.0. The Hall–Kier alpha value is -2.80. The average Bonchev–Trinajstić information content (AvgIpc) is 3.15. The highest BCUT2D eigenvalue weighted by Gasteiger charge is 2.36. The average molecular weight is 356 g/mol. The van der Waals surface area contributed by atoms with Gasteiger partial charge in [0.2, 0.25) is 6.79 Å². The molecule has 7 nitrogen and oxygen atoms in total. The number of benzene rings is 2. The minimum Gasteiger partial charge on any atom is -0.454 e. The van der Waals surface area contributed by atoms with Crippen LogP contribution in [-0.2, 0) is 10.2 Å². The van der Waals surface area contributed by atoms with Crippen molar-refractivity contribution in [2.24, 2.45) is 0 Å². The summed E-state index contributed by atoms with van der Waals surface area (Å²) in [5, 5.41) is 14.6. The highest BCUT2D eigenvalue weighted by Crippen LogP contribution is 2.41. The topological polar surface area (TPSA) is 82.9 Å². The molecule has 0 unspecified atom stereocenters. The summed E-state index contributed by atoms with van der Waals surface area (Å²) in [5.41, 5.74) is 1.57. The number of hydrogen-bond donors (Lipinski definition) is 1. The molecule has 1 N–H and O–H groups in total. The molecule has 7 heteroatoms. The van der Waals surface area contributed by atoms with Gasteiger partial charge in [0.1, 0.15) is 5.69 Å². The van der Waals surface area contributed by atoms with Crippen LogP contribution in [0.5, 0.6) is 11.5 Å². The fourth-order valence-electron chi connectivity index (χ4n) is 3.60. The standard InChI is InChI=1S/C19H20N2O5/c22-21(23)16-4-2-1-3-15(16)20-12-19(7-9-24-10-8-19)14-5-6-17-18(11-14)26-13-25-17/h1-6,11,20H,7-10,12-13H2. The Morgan fingerprint density at radius 1 is 1.08 bits per heavy atom. The molecule has 136 valence electrons. The maximum atomic E-state index is 11.3. The van der Waals surface area contributed by atoms with Gasteiger partial charge in [0, 0.05) is 31.2 Å². The summed E-state index contributed by atoms with van der Waals surface area (Å²) in [6.45, 7) is 2.14. The van der Waals surface area contributed by atoms with Crippen LogP contribution in [-0.4, -0.2) is 31.5 Å². The van der Waals surface area contributed by atoms with Gasteiger partial charge in [-0.25, -0.2) is 0 Å². The summed E-state index contributed by atoms with van der Waals surface area (Å²) in [6, 6.07) is 12.7. The van der Waals surface area contributed by atoms with E-state index in [0.29, 0.717) is 25.4 Å². The lowest BCUT2D eigenvalue weighted by molar-refractivity contribution is -0.384. The van der Waals surface area contributed by atoms with Gasteiger partial charge in [-0.2, -0.15) is 0 Å². The van der Waals surface area contributed by atoms with Gasteiger partial charge in [0.25, 0.3) is 5.69 Å². The molecule has 2 aromatic rings. The van der Waals surface area contributed by atoms with Crippen LogP contribution in [0.15, 0.2) is 42.5 Å². The number of nitrogens with zero attached hydrogens (tertiary/aromatic N) is 1. The zero-order valence-electron chi connectivity index (χ0n) is 14.3. The molecule has 1 fully saturated rings. The van der Waals surface area contributed by atoms with Crippen LogP contribution in [0.2, 0.25) is 0 Å². The third-order valence-electron chi connectivity index (χ3n) is 5.15. The highest BCUT2D eigenvalue weighted by molar-refractivity contribution is 5.61. The molecule has 0 saturated carbocycles. The summed E-state index contributed by atoms with van der Waals surface area (Å²) in [5.74, 6) is 1.50. The van der Waals surface area contributed by atoms with Crippen molar-refractivity contribution in [2.75, 3.05) is 31.9 Å². The number of para-hydroxylation sites is 2.